The number of carbonyl (C=O) groups is 3. The van der Waals surface area contributed by atoms with Crippen molar-refractivity contribution in [3.05, 3.63) is 66.5 Å². The molecule has 6 rings (SSSR count). The summed E-state index contributed by atoms with van der Waals surface area (Å²) >= 11 is 6.61. The highest BCUT2D eigenvalue weighted by Crippen LogP contribution is 2.44. The van der Waals surface area contributed by atoms with E-state index in [2.05, 4.69) is 28.6 Å². The summed E-state index contributed by atoms with van der Waals surface area (Å²) in [6, 6.07) is 4.43. The van der Waals surface area contributed by atoms with Gasteiger partial charge >= 0.3 is 12.2 Å². The van der Waals surface area contributed by atoms with Crippen molar-refractivity contribution in [2.45, 2.75) is 123 Å². The minimum atomic E-state index is -4.65. The Morgan fingerprint density at radius 2 is 1.74 bits per heavy atom. The van der Waals surface area contributed by atoms with Gasteiger partial charge in [0.25, 0.3) is 0 Å². The Kier molecular flexibility index (Phi) is 20.7. The summed E-state index contributed by atoms with van der Waals surface area (Å²) in [4.78, 5) is 44.7. The summed E-state index contributed by atoms with van der Waals surface area (Å²) in [6.45, 7) is 22.1. The second-order valence-corrected chi connectivity index (χ2v) is 16.5. The van der Waals surface area contributed by atoms with Crippen LogP contribution in [0.15, 0.2) is 55.8 Å². The molecule has 2 aromatic heterocycles. The third-order valence-corrected chi connectivity index (χ3v) is 12.1. The molecule has 0 radical (unpaired) electrons. The molecule has 62 heavy (non-hydrogen) atoms. The van der Waals surface area contributed by atoms with Crippen LogP contribution in [0.5, 0.6) is 11.5 Å². The number of ether oxygens (including phenoxy) is 2. The molecule has 0 bridgehead atoms. The molecule has 0 spiro atoms. The number of benzene rings is 1. The number of carbonyl (C=O) groups excluding carboxylic acids is 3. The Balaban J connectivity index is 0.000000760. The number of fused-ring (bicyclic) bond motifs is 1. The molecule has 3 heterocycles. The van der Waals surface area contributed by atoms with E-state index in [9.17, 15) is 36.0 Å². The van der Waals surface area contributed by atoms with Crippen LogP contribution in [-0.2, 0) is 25.8 Å². The average Bonchev–Trinajstić information content (AvgIpc) is 4.11. The summed E-state index contributed by atoms with van der Waals surface area (Å²) in [7, 11) is -0.106. The molecule has 0 unspecified atom stereocenters. The van der Waals surface area contributed by atoms with Gasteiger partial charge in [0.2, 0.25) is 22.3 Å². The van der Waals surface area contributed by atoms with Gasteiger partial charge in [0.1, 0.15) is 28.7 Å². The number of aromatic nitrogens is 3. The summed E-state index contributed by atoms with van der Waals surface area (Å²) in [5.41, 5.74) is -1.32. The van der Waals surface area contributed by atoms with Crippen LogP contribution in [0.1, 0.15) is 99.1 Å². The van der Waals surface area contributed by atoms with Gasteiger partial charge in [-0.2, -0.15) is 18.3 Å². The van der Waals surface area contributed by atoms with Crippen LogP contribution in [0.4, 0.5) is 18.0 Å². The van der Waals surface area contributed by atoms with Gasteiger partial charge < -0.3 is 24.6 Å². The Morgan fingerprint density at radius 1 is 1.08 bits per heavy atom. The Morgan fingerprint density at radius 3 is 2.27 bits per heavy atom. The molecule has 1 saturated heterocycles. The number of pyridine rings is 1. The number of methoxy groups -OCH3 is 1. The van der Waals surface area contributed by atoms with Crippen molar-refractivity contribution in [3.8, 4) is 17.3 Å². The highest BCUT2D eigenvalue weighted by atomic mass is 35.5. The Labute approximate surface area is 369 Å². The van der Waals surface area contributed by atoms with Gasteiger partial charge in [0, 0.05) is 49.1 Å². The Hall–Kier alpha value is -4.84. The number of nitrogens with one attached hydrogen (secondary N) is 2. The molecular weight excluding hydrogens is 851 g/mol. The lowest BCUT2D eigenvalue weighted by Crippen LogP contribution is -2.52. The SMILES string of the molecule is C=CCCCCN(C)C(=O)[C@@H]1C[C@H](Oc2cc(-n3ccc(C(F)(F)F)n3)nc3c(Cl)c(OC)ccc23)CN1C(=O)N[C@]1(C)C[C@H]1C=C.CC.CC.CC.O=CNS(=O)(=O)C1CC1. The number of amides is 4. The maximum Gasteiger partial charge on any atom is 0.435 e. The van der Waals surface area contributed by atoms with E-state index in [1.807, 2.05) is 54.5 Å². The third kappa shape index (κ3) is 13.8. The molecule has 2 saturated carbocycles. The smallest absolute Gasteiger partial charge is 0.435 e. The molecule has 2 N–H and O–H groups in total. The van der Waals surface area contributed by atoms with E-state index >= 15 is 0 Å². The molecule has 346 valence electrons. The highest BCUT2D eigenvalue weighted by molar-refractivity contribution is 7.90. The van der Waals surface area contributed by atoms with Gasteiger partial charge in [0.15, 0.2) is 11.5 Å². The molecule has 3 fully saturated rings. The maximum atomic E-state index is 13.7. The van der Waals surface area contributed by atoms with Crippen molar-refractivity contribution in [2.75, 3.05) is 27.2 Å². The van der Waals surface area contributed by atoms with Crippen molar-refractivity contribution >= 4 is 50.9 Å². The summed E-state index contributed by atoms with van der Waals surface area (Å²) in [6.07, 6.45) is 4.50. The van der Waals surface area contributed by atoms with Crippen LogP contribution in [0.25, 0.3) is 16.7 Å². The third-order valence-electron chi connectivity index (χ3n) is 9.95. The molecule has 2 aliphatic carbocycles. The van der Waals surface area contributed by atoms with Crippen LogP contribution in [0.2, 0.25) is 5.02 Å². The Bertz CT molecular complexity index is 2080. The van der Waals surface area contributed by atoms with Gasteiger partial charge in [-0.05, 0) is 63.6 Å². The summed E-state index contributed by atoms with van der Waals surface area (Å²) < 4.78 is 75.9. The molecule has 14 nitrogen and oxygen atoms in total. The number of unbranched alkanes of at least 4 members (excludes halogenated alkanes) is 2. The van der Waals surface area contributed by atoms with Crippen molar-refractivity contribution in [2.24, 2.45) is 5.92 Å². The minimum Gasteiger partial charge on any atom is -0.495 e. The second-order valence-electron chi connectivity index (χ2n) is 14.2. The second kappa shape index (κ2) is 24.1. The number of halogens is 4. The molecule has 4 amide bonds. The van der Waals surface area contributed by atoms with Gasteiger partial charge in [-0.15, -0.1) is 13.2 Å². The van der Waals surface area contributed by atoms with E-state index in [-0.39, 0.29) is 64.6 Å². The summed E-state index contributed by atoms with van der Waals surface area (Å²) in [5, 5.41) is 7.02. The van der Waals surface area contributed by atoms with Crippen molar-refractivity contribution in [1.29, 1.82) is 0 Å². The van der Waals surface area contributed by atoms with Gasteiger partial charge in [-0.1, -0.05) is 65.3 Å². The number of nitrogens with zero attached hydrogens (tertiary/aromatic N) is 5. The van der Waals surface area contributed by atoms with E-state index in [0.29, 0.717) is 30.5 Å². The lowest BCUT2D eigenvalue weighted by atomic mass is 10.1. The number of hydrogen-bond acceptors (Lipinski definition) is 9. The zero-order chi connectivity index (χ0) is 47.0. The molecular formula is C43H63ClF3N7O7S. The lowest BCUT2D eigenvalue weighted by Gasteiger charge is -2.29. The zero-order valence-corrected chi connectivity index (χ0v) is 38.8. The van der Waals surface area contributed by atoms with Crippen molar-refractivity contribution < 1.29 is 45.4 Å². The lowest BCUT2D eigenvalue weighted by molar-refractivity contribution is -0.141. The number of hydrogen-bond donors (Lipinski definition) is 2. The van der Waals surface area contributed by atoms with Crippen LogP contribution in [-0.4, -0.2) is 102 Å². The first kappa shape index (κ1) is 53.3. The molecule has 4 atom stereocenters. The van der Waals surface area contributed by atoms with Gasteiger partial charge in [-0.3, -0.25) is 14.3 Å². The monoisotopic (exact) mass is 913 g/mol. The predicted molar refractivity (Wildman–Crippen MR) is 237 cm³/mol. The molecule has 3 aliphatic rings. The number of urea groups is 1. The number of rotatable bonds is 15. The normalized spacial score (nSPS) is 19.9. The largest absolute Gasteiger partial charge is 0.495 e. The van der Waals surface area contributed by atoms with Gasteiger partial charge in [0.05, 0.1) is 24.4 Å². The standard InChI is InChI=1S/C33H38ClF3N6O4.C4H7NO3S.3C2H6/c1-6-8-9-10-14-41(4)30(44)23-16-21(19-42(23)31(45)39-32(3)18-20(32)7-2)47-25-17-27(43-15-13-26(40-43)33(35,36)37)38-29-22(25)11-12-24(46-5)28(29)34;6-3-5-9(7,8)4-1-2-4;3*1-2/h6-7,11-13,15,17,20-21,23H,1-2,8-10,14,16,18-19H2,3-5H3,(H,39,45);3-4H,1-2H2,(H,5,6);3*1-2H3/t20-,21+,23+,32-;;;;/m1..../s1. The topological polar surface area (TPSA) is 165 Å². The van der Waals surface area contributed by atoms with Crippen LogP contribution in [0, 0.1) is 5.92 Å². The van der Waals surface area contributed by atoms with E-state index in [4.69, 9.17) is 21.1 Å². The molecule has 3 aromatic rings. The fraction of sp³-hybridized carbons (Fsp3) is 0.558. The first-order chi connectivity index (χ1) is 29.5. The fourth-order valence-corrected chi connectivity index (χ4v) is 7.80. The van der Waals surface area contributed by atoms with Crippen molar-refractivity contribution in [3.63, 3.8) is 0 Å². The van der Waals surface area contributed by atoms with Crippen LogP contribution in [0.3, 0.4) is 0 Å². The first-order valence-electron chi connectivity index (χ1n) is 21.0. The highest BCUT2D eigenvalue weighted by Gasteiger charge is 2.51. The van der Waals surface area contributed by atoms with Crippen LogP contribution < -0.4 is 19.5 Å². The van der Waals surface area contributed by atoms with E-state index in [1.54, 1.807) is 34.9 Å². The number of allylic oxidation sites excluding steroid dienone is 1. The predicted octanol–water partition coefficient (Wildman–Crippen LogP) is 8.72. The minimum absolute atomic E-state index is 0.0229. The van der Waals surface area contributed by atoms with E-state index in [0.717, 1.165) is 42.6 Å². The first-order valence-corrected chi connectivity index (χ1v) is 22.9. The van der Waals surface area contributed by atoms with Crippen molar-refractivity contribution in [1.82, 2.24) is 34.6 Å². The molecule has 19 heteroatoms. The summed E-state index contributed by atoms with van der Waals surface area (Å²) in [5.74, 6) is 0.496. The number of alkyl halides is 3. The zero-order valence-electron chi connectivity index (χ0n) is 37.2. The number of likely N-dealkylation sites (tertiary alicyclic amines) is 1. The van der Waals surface area contributed by atoms with E-state index in [1.165, 1.54) is 18.1 Å². The van der Waals surface area contributed by atoms with Crippen LogP contribution >= 0.6 is 11.6 Å². The number of sulfonamides is 1. The average molecular weight is 915 g/mol. The quantitative estimate of drug-likeness (QED) is 0.0862. The molecule has 1 aromatic carbocycles. The number of likely N-dealkylation sites (N-methyl/N-ethyl adjacent to an activating group) is 1. The van der Waals surface area contributed by atoms with E-state index < -0.39 is 39.6 Å². The fourth-order valence-electron chi connectivity index (χ4n) is 6.44. The molecule has 1 aliphatic heterocycles. The van der Waals surface area contributed by atoms with Gasteiger partial charge in [-0.25, -0.2) is 22.9 Å². The maximum absolute atomic E-state index is 13.7.